The molecular weight excluding hydrogens is 510 g/mol. The zero-order valence-electron chi connectivity index (χ0n) is 22.4. The summed E-state index contributed by atoms with van der Waals surface area (Å²) in [5.74, 6) is -7.36. The van der Waals surface area contributed by atoms with Crippen molar-refractivity contribution in [3.05, 3.63) is 45.9 Å². The molecule has 0 unspecified atom stereocenters. The standard InChI is InChI=1S/C27H33N3O9/c1-26(2,3)10-39-25(37)29-14-7-6-11-8-12-9-13-18(30(4)5)21(33)17(24(28)36)23(35)27(13,38)22(34)16(12)20(32)15(11)19(14)31/h6-7,12-13,18,31,33-34,38H,8-10H2,1-5H3,(H2,28,36)(H,29,37)/t12-,13-,18-,27-/m0/s1. The number of aliphatic hydroxyl groups excluding tert-OH is 2. The number of nitrogens with zero attached hydrogens (tertiary/aromatic N) is 1. The fourth-order valence-electron chi connectivity index (χ4n) is 5.75. The summed E-state index contributed by atoms with van der Waals surface area (Å²) in [6.45, 7) is 5.71. The van der Waals surface area contributed by atoms with Crippen molar-refractivity contribution < 1.29 is 44.3 Å². The molecule has 0 aliphatic heterocycles. The molecule has 12 nitrogen and oxygen atoms in total. The quantitative estimate of drug-likeness (QED) is 0.240. The summed E-state index contributed by atoms with van der Waals surface area (Å²) < 4.78 is 5.16. The van der Waals surface area contributed by atoms with Crippen molar-refractivity contribution in [1.29, 1.82) is 0 Å². The van der Waals surface area contributed by atoms with Crippen LogP contribution in [0.25, 0.3) is 0 Å². The number of hydrogen-bond acceptors (Lipinski definition) is 10. The molecule has 2 amide bonds. The lowest BCUT2D eigenvalue weighted by molar-refractivity contribution is -0.148. The number of anilines is 1. The molecule has 0 spiro atoms. The van der Waals surface area contributed by atoms with Gasteiger partial charge in [-0.05, 0) is 49.9 Å². The topological polar surface area (TPSA) is 200 Å². The van der Waals surface area contributed by atoms with Gasteiger partial charge in [-0.25, -0.2) is 4.79 Å². The molecule has 0 saturated carbocycles. The maximum Gasteiger partial charge on any atom is 0.411 e. The van der Waals surface area contributed by atoms with E-state index in [0.717, 1.165) is 0 Å². The number of rotatable bonds is 4. The van der Waals surface area contributed by atoms with Crippen molar-refractivity contribution in [2.75, 3.05) is 26.0 Å². The Hall–Kier alpha value is -3.90. The van der Waals surface area contributed by atoms with E-state index in [2.05, 4.69) is 5.32 Å². The largest absolute Gasteiger partial charge is 0.510 e. The molecule has 1 aromatic rings. The van der Waals surface area contributed by atoms with Gasteiger partial charge in [-0.2, -0.15) is 0 Å². The number of primary amides is 1. The fraction of sp³-hybridized carbons (Fsp3) is 0.481. The molecule has 39 heavy (non-hydrogen) atoms. The van der Waals surface area contributed by atoms with Gasteiger partial charge < -0.3 is 30.9 Å². The Labute approximate surface area is 224 Å². The first-order valence-corrected chi connectivity index (χ1v) is 12.4. The predicted molar refractivity (Wildman–Crippen MR) is 138 cm³/mol. The Bertz CT molecular complexity index is 1350. The molecule has 3 aliphatic rings. The number of carbonyl (C=O) groups excluding carboxylic acids is 4. The van der Waals surface area contributed by atoms with Gasteiger partial charge in [0.2, 0.25) is 5.78 Å². The molecule has 0 radical (unpaired) electrons. The number of hydrogen-bond donors (Lipinski definition) is 6. The first-order valence-electron chi connectivity index (χ1n) is 12.4. The summed E-state index contributed by atoms with van der Waals surface area (Å²) in [6, 6.07) is 1.92. The highest BCUT2D eigenvalue weighted by Gasteiger charge is 2.63. The van der Waals surface area contributed by atoms with E-state index in [0.29, 0.717) is 5.56 Å². The average Bonchev–Trinajstić information content (AvgIpc) is 2.81. The molecule has 4 rings (SSSR count). The van der Waals surface area contributed by atoms with Crippen molar-refractivity contribution >= 4 is 29.3 Å². The first-order chi connectivity index (χ1) is 18.0. The smallest absolute Gasteiger partial charge is 0.411 e. The molecule has 7 N–H and O–H groups in total. The first kappa shape index (κ1) is 28.1. The number of allylic oxidation sites excluding steroid dienone is 1. The molecular formula is C27H33N3O9. The van der Waals surface area contributed by atoms with E-state index < -0.39 is 69.9 Å². The van der Waals surface area contributed by atoms with Crippen molar-refractivity contribution in [2.45, 2.75) is 45.3 Å². The molecule has 0 saturated heterocycles. The predicted octanol–water partition coefficient (Wildman–Crippen LogP) is 1.72. The second-order valence-corrected chi connectivity index (χ2v) is 11.7. The van der Waals surface area contributed by atoms with E-state index in [1.165, 1.54) is 11.0 Å². The van der Waals surface area contributed by atoms with Crippen LogP contribution >= 0.6 is 0 Å². The minimum atomic E-state index is -2.72. The van der Waals surface area contributed by atoms with E-state index in [9.17, 15) is 39.6 Å². The van der Waals surface area contributed by atoms with E-state index in [-0.39, 0.29) is 41.7 Å². The van der Waals surface area contributed by atoms with Gasteiger partial charge in [0.25, 0.3) is 5.91 Å². The lowest BCUT2D eigenvalue weighted by atomic mass is 9.58. The minimum absolute atomic E-state index is 0.00828. The average molecular weight is 544 g/mol. The number of nitrogens with two attached hydrogens (primary N) is 1. The number of nitrogens with one attached hydrogen (secondary N) is 1. The van der Waals surface area contributed by atoms with Gasteiger partial charge in [0, 0.05) is 11.5 Å². The van der Waals surface area contributed by atoms with Gasteiger partial charge >= 0.3 is 6.09 Å². The number of aliphatic hydroxyl groups is 3. The maximum absolute atomic E-state index is 13.7. The fourth-order valence-corrected chi connectivity index (χ4v) is 5.75. The number of carbonyl (C=O) groups is 4. The maximum atomic E-state index is 13.7. The number of amides is 2. The molecule has 4 atom stereocenters. The van der Waals surface area contributed by atoms with E-state index in [1.54, 1.807) is 20.2 Å². The summed E-state index contributed by atoms with van der Waals surface area (Å²) >= 11 is 0. The van der Waals surface area contributed by atoms with Crippen molar-refractivity contribution in [2.24, 2.45) is 23.0 Å². The molecule has 210 valence electrons. The zero-order chi connectivity index (χ0) is 29.2. The van der Waals surface area contributed by atoms with Crippen LogP contribution in [0.5, 0.6) is 5.75 Å². The Morgan fingerprint density at radius 1 is 1.18 bits per heavy atom. The summed E-state index contributed by atoms with van der Waals surface area (Å²) in [4.78, 5) is 52.8. The number of benzene rings is 1. The number of phenols is 1. The van der Waals surface area contributed by atoms with E-state index in [4.69, 9.17) is 10.5 Å². The van der Waals surface area contributed by atoms with Crippen LogP contribution in [-0.2, 0) is 20.7 Å². The lowest BCUT2D eigenvalue weighted by Crippen LogP contribution is -2.63. The van der Waals surface area contributed by atoms with E-state index >= 15 is 0 Å². The van der Waals surface area contributed by atoms with E-state index in [1.807, 2.05) is 20.8 Å². The highest BCUT2D eigenvalue weighted by atomic mass is 16.5. The van der Waals surface area contributed by atoms with Gasteiger partial charge in [-0.15, -0.1) is 0 Å². The summed E-state index contributed by atoms with van der Waals surface area (Å²) in [5.41, 5.74) is 1.29. The number of ether oxygens (including phenoxy) is 1. The second kappa shape index (κ2) is 9.38. The third kappa shape index (κ3) is 4.43. The highest BCUT2D eigenvalue weighted by molar-refractivity contribution is 6.25. The van der Waals surface area contributed by atoms with Gasteiger partial charge in [0.1, 0.15) is 17.1 Å². The number of ketones is 2. The minimum Gasteiger partial charge on any atom is -0.510 e. The van der Waals surface area contributed by atoms with Crippen molar-refractivity contribution in [1.82, 2.24) is 4.90 Å². The molecule has 1 aromatic carbocycles. The summed E-state index contributed by atoms with van der Waals surface area (Å²) in [5, 5.41) is 47.0. The number of phenolic OH excluding ortho intramolecular Hbond substituents is 1. The SMILES string of the molecule is CN(C)[C@@H]1C(O)=C(C(N)=O)C(=O)[C@@]2(O)C(O)=C3C(=O)c4c(ccc(NC(=O)OCC(C)(C)C)c4O)C[C@H]3C[C@@H]12. The molecule has 3 aliphatic carbocycles. The number of fused-ring (bicyclic) bond motifs is 3. The molecule has 0 bridgehead atoms. The van der Waals surface area contributed by atoms with Crippen LogP contribution in [0.4, 0.5) is 10.5 Å². The third-order valence-corrected chi connectivity index (χ3v) is 7.47. The molecule has 0 aromatic heterocycles. The summed E-state index contributed by atoms with van der Waals surface area (Å²) in [7, 11) is 3.12. The number of aromatic hydroxyl groups is 1. The Morgan fingerprint density at radius 2 is 1.82 bits per heavy atom. The van der Waals surface area contributed by atoms with Crippen molar-refractivity contribution in [3.8, 4) is 5.75 Å². The highest BCUT2D eigenvalue weighted by Crippen LogP contribution is 2.52. The monoisotopic (exact) mass is 543 g/mol. The normalized spacial score (nSPS) is 26.7. The van der Waals surface area contributed by atoms with Crippen LogP contribution in [0.3, 0.4) is 0 Å². The Morgan fingerprint density at radius 3 is 2.38 bits per heavy atom. The molecule has 0 heterocycles. The third-order valence-electron chi connectivity index (χ3n) is 7.47. The molecule has 0 fully saturated rings. The van der Waals surface area contributed by atoms with Crippen LogP contribution in [0, 0.1) is 17.3 Å². The number of likely N-dealkylation sites (N-methyl/N-ethyl adjacent to an activating group) is 1. The van der Waals surface area contributed by atoms with Gasteiger partial charge in [0.05, 0.1) is 23.9 Å². The lowest BCUT2D eigenvalue weighted by Gasteiger charge is -2.50. The Kier molecular flexibility index (Phi) is 6.76. The van der Waals surface area contributed by atoms with Gasteiger partial charge in [-0.1, -0.05) is 26.8 Å². The van der Waals surface area contributed by atoms with Crippen LogP contribution in [-0.4, -0.2) is 81.2 Å². The van der Waals surface area contributed by atoms with Crippen LogP contribution in [0.15, 0.2) is 34.8 Å². The van der Waals surface area contributed by atoms with Crippen LogP contribution in [0.1, 0.15) is 43.1 Å². The zero-order valence-corrected chi connectivity index (χ0v) is 22.4. The van der Waals surface area contributed by atoms with Crippen molar-refractivity contribution in [3.63, 3.8) is 0 Å². The van der Waals surface area contributed by atoms with Crippen LogP contribution < -0.4 is 11.1 Å². The number of Topliss-reactive ketones (excluding diaryl/α,β-unsaturated/α-hetero) is 2. The summed E-state index contributed by atoms with van der Waals surface area (Å²) in [6.07, 6.45) is -0.700. The van der Waals surface area contributed by atoms with Crippen LogP contribution in [0.2, 0.25) is 0 Å². The Balaban J connectivity index is 1.78. The van der Waals surface area contributed by atoms with Gasteiger partial charge in [0.15, 0.2) is 17.1 Å². The second-order valence-electron chi connectivity index (χ2n) is 11.7. The van der Waals surface area contributed by atoms with Gasteiger partial charge in [-0.3, -0.25) is 24.6 Å². The molecule has 12 heteroatoms.